The Kier molecular flexibility index (Phi) is 7.26. The molecule has 1 fully saturated rings. The molecular weight excluding hydrogens is 420 g/mol. The first-order chi connectivity index (χ1) is 15.4. The van der Waals surface area contributed by atoms with E-state index in [9.17, 15) is 19.7 Å². The number of ether oxygens (including phenoxy) is 4. The standard InChI is InChI=1S/C22H24N2O8/c1-4-31-22(26)21-20(14-5-8-16(9-6-14)24(27)28)23(19(25)13-32-21)12-15-7-10-17(29-2)11-18(15)30-3/h5-11,20-21H,4,12-13H2,1-3H3. The van der Waals surface area contributed by atoms with E-state index >= 15 is 0 Å². The van der Waals surface area contributed by atoms with Crippen LogP contribution in [0.15, 0.2) is 42.5 Å². The third-order valence-electron chi connectivity index (χ3n) is 5.13. The molecule has 2 aromatic rings. The Hall–Kier alpha value is -3.66. The van der Waals surface area contributed by atoms with Gasteiger partial charge in [-0.05, 0) is 24.6 Å². The van der Waals surface area contributed by atoms with E-state index in [4.69, 9.17) is 18.9 Å². The Morgan fingerprint density at radius 3 is 2.50 bits per heavy atom. The van der Waals surface area contributed by atoms with Crippen LogP contribution in [0.4, 0.5) is 5.69 Å². The molecule has 2 unspecified atom stereocenters. The summed E-state index contributed by atoms with van der Waals surface area (Å²) in [6, 6.07) is 10.0. The van der Waals surface area contributed by atoms with E-state index in [1.54, 1.807) is 25.1 Å². The number of methoxy groups -OCH3 is 2. The van der Waals surface area contributed by atoms with Gasteiger partial charge in [-0.3, -0.25) is 14.9 Å². The molecule has 0 radical (unpaired) electrons. The molecule has 0 aliphatic carbocycles. The number of carbonyl (C=O) groups excluding carboxylic acids is 2. The van der Waals surface area contributed by atoms with E-state index in [1.807, 2.05) is 0 Å². The molecule has 0 bridgehead atoms. The van der Waals surface area contributed by atoms with E-state index in [0.717, 1.165) is 0 Å². The van der Waals surface area contributed by atoms with Crippen molar-refractivity contribution in [3.63, 3.8) is 0 Å². The topological polar surface area (TPSA) is 117 Å². The maximum atomic E-state index is 12.9. The molecule has 1 amide bonds. The number of hydrogen-bond acceptors (Lipinski definition) is 8. The summed E-state index contributed by atoms with van der Waals surface area (Å²) >= 11 is 0. The summed E-state index contributed by atoms with van der Waals surface area (Å²) in [7, 11) is 3.04. The summed E-state index contributed by atoms with van der Waals surface area (Å²) in [6.45, 7) is 1.64. The first-order valence-electron chi connectivity index (χ1n) is 9.92. The molecule has 10 heteroatoms. The average molecular weight is 444 g/mol. The van der Waals surface area contributed by atoms with E-state index in [2.05, 4.69) is 0 Å². The summed E-state index contributed by atoms with van der Waals surface area (Å²) in [4.78, 5) is 37.5. The van der Waals surface area contributed by atoms with Crippen LogP contribution in [0, 0.1) is 10.1 Å². The van der Waals surface area contributed by atoms with Crippen LogP contribution in [-0.2, 0) is 25.6 Å². The Bertz CT molecular complexity index is 992. The van der Waals surface area contributed by atoms with Gasteiger partial charge in [0.15, 0.2) is 6.10 Å². The normalized spacial score (nSPS) is 18.2. The lowest BCUT2D eigenvalue weighted by Gasteiger charge is -2.40. The van der Waals surface area contributed by atoms with E-state index in [-0.39, 0.29) is 31.4 Å². The summed E-state index contributed by atoms with van der Waals surface area (Å²) in [6.07, 6.45) is -1.08. The number of nitro benzene ring substituents is 1. The number of non-ortho nitro benzene ring substituents is 1. The molecule has 0 saturated carbocycles. The average Bonchev–Trinajstić information content (AvgIpc) is 2.80. The molecule has 1 saturated heterocycles. The van der Waals surface area contributed by atoms with Gasteiger partial charge in [0, 0.05) is 23.8 Å². The first-order valence-corrected chi connectivity index (χ1v) is 9.92. The van der Waals surface area contributed by atoms with Gasteiger partial charge in [0.25, 0.3) is 5.69 Å². The second-order valence-electron chi connectivity index (χ2n) is 6.98. The van der Waals surface area contributed by atoms with Crippen molar-refractivity contribution >= 4 is 17.6 Å². The number of rotatable bonds is 8. The minimum Gasteiger partial charge on any atom is -0.497 e. The van der Waals surface area contributed by atoms with Crippen molar-refractivity contribution < 1.29 is 33.5 Å². The van der Waals surface area contributed by atoms with Crippen LogP contribution in [0.1, 0.15) is 24.1 Å². The molecule has 1 aliphatic rings. The third kappa shape index (κ3) is 4.80. The lowest BCUT2D eigenvalue weighted by atomic mass is 9.96. The van der Waals surface area contributed by atoms with Gasteiger partial charge in [-0.2, -0.15) is 0 Å². The number of benzene rings is 2. The Morgan fingerprint density at radius 2 is 1.91 bits per heavy atom. The van der Waals surface area contributed by atoms with Crippen molar-refractivity contribution in [1.29, 1.82) is 0 Å². The zero-order chi connectivity index (χ0) is 23.3. The van der Waals surface area contributed by atoms with Gasteiger partial charge in [0.1, 0.15) is 18.1 Å². The smallest absolute Gasteiger partial charge is 0.337 e. The second-order valence-corrected chi connectivity index (χ2v) is 6.98. The molecule has 1 heterocycles. The molecule has 32 heavy (non-hydrogen) atoms. The minimum absolute atomic E-state index is 0.104. The second kappa shape index (κ2) is 10.1. The van der Waals surface area contributed by atoms with Gasteiger partial charge < -0.3 is 23.8 Å². The van der Waals surface area contributed by atoms with Gasteiger partial charge in [0.2, 0.25) is 5.91 Å². The van der Waals surface area contributed by atoms with Crippen LogP contribution < -0.4 is 9.47 Å². The molecule has 1 aliphatic heterocycles. The van der Waals surface area contributed by atoms with Crippen molar-refractivity contribution in [3.05, 3.63) is 63.7 Å². The largest absolute Gasteiger partial charge is 0.497 e. The van der Waals surface area contributed by atoms with Crippen LogP contribution in [-0.4, -0.2) is 55.2 Å². The van der Waals surface area contributed by atoms with Gasteiger partial charge in [-0.15, -0.1) is 0 Å². The maximum Gasteiger partial charge on any atom is 0.337 e. The first kappa shape index (κ1) is 23.0. The number of nitrogens with zero attached hydrogens (tertiary/aromatic N) is 2. The molecule has 170 valence electrons. The predicted octanol–water partition coefficient (Wildman–Crippen LogP) is 2.64. The molecular formula is C22H24N2O8. The summed E-state index contributed by atoms with van der Waals surface area (Å²) in [5.74, 6) is 0.149. The lowest BCUT2D eigenvalue weighted by Crippen LogP contribution is -2.51. The zero-order valence-corrected chi connectivity index (χ0v) is 18.0. The molecule has 2 aromatic carbocycles. The number of morpholine rings is 1. The quantitative estimate of drug-likeness (QED) is 0.346. The number of esters is 1. The number of amides is 1. The summed E-state index contributed by atoms with van der Waals surface area (Å²) in [5.41, 5.74) is 1.10. The van der Waals surface area contributed by atoms with Gasteiger partial charge in [0.05, 0.1) is 38.3 Å². The van der Waals surface area contributed by atoms with Crippen molar-refractivity contribution in [3.8, 4) is 11.5 Å². The Balaban J connectivity index is 2.02. The summed E-state index contributed by atoms with van der Waals surface area (Å²) in [5, 5.41) is 11.0. The van der Waals surface area contributed by atoms with Crippen LogP contribution >= 0.6 is 0 Å². The van der Waals surface area contributed by atoms with Crippen molar-refractivity contribution in [2.45, 2.75) is 25.6 Å². The SMILES string of the molecule is CCOC(=O)C1OCC(=O)N(Cc2ccc(OC)cc2OC)C1c1ccc([N+](=O)[O-])cc1. The molecule has 3 rings (SSSR count). The number of carbonyl (C=O) groups is 2. The lowest BCUT2D eigenvalue weighted by molar-refractivity contribution is -0.384. The monoisotopic (exact) mass is 444 g/mol. The van der Waals surface area contributed by atoms with Crippen LogP contribution in [0.3, 0.4) is 0 Å². The van der Waals surface area contributed by atoms with E-state index in [0.29, 0.717) is 22.6 Å². The van der Waals surface area contributed by atoms with Crippen LogP contribution in [0.5, 0.6) is 11.5 Å². The van der Waals surface area contributed by atoms with E-state index < -0.39 is 23.0 Å². The molecule has 0 spiro atoms. The van der Waals surface area contributed by atoms with Crippen LogP contribution in [0.25, 0.3) is 0 Å². The Morgan fingerprint density at radius 1 is 1.19 bits per heavy atom. The van der Waals surface area contributed by atoms with Gasteiger partial charge in [-0.25, -0.2) is 4.79 Å². The highest BCUT2D eigenvalue weighted by atomic mass is 16.6. The van der Waals surface area contributed by atoms with Crippen molar-refractivity contribution in [1.82, 2.24) is 4.90 Å². The highest BCUT2D eigenvalue weighted by Gasteiger charge is 2.43. The number of hydrogen-bond donors (Lipinski definition) is 0. The van der Waals surface area contributed by atoms with Crippen molar-refractivity contribution in [2.24, 2.45) is 0 Å². The van der Waals surface area contributed by atoms with E-state index in [1.165, 1.54) is 43.4 Å². The van der Waals surface area contributed by atoms with Crippen LogP contribution in [0.2, 0.25) is 0 Å². The number of nitro groups is 1. The highest BCUT2D eigenvalue weighted by molar-refractivity contribution is 5.83. The zero-order valence-electron chi connectivity index (χ0n) is 18.0. The minimum atomic E-state index is -1.08. The summed E-state index contributed by atoms with van der Waals surface area (Å²) < 4.78 is 21.4. The predicted molar refractivity (Wildman–Crippen MR) is 112 cm³/mol. The van der Waals surface area contributed by atoms with Crippen molar-refractivity contribution in [2.75, 3.05) is 27.4 Å². The molecule has 10 nitrogen and oxygen atoms in total. The molecule has 2 atom stereocenters. The maximum absolute atomic E-state index is 12.9. The Labute approximate surface area is 184 Å². The molecule has 0 aromatic heterocycles. The fraction of sp³-hybridized carbons (Fsp3) is 0.364. The third-order valence-corrected chi connectivity index (χ3v) is 5.13. The fourth-order valence-electron chi connectivity index (χ4n) is 3.58. The highest BCUT2D eigenvalue weighted by Crippen LogP contribution is 2.35. The van der Waals surface area contributed by atoms with Gasteiger partial charge >= 0.3 is 5.97 Å². The van der Waals surface area contributed by atoms with Gasteiger partial charge in [-0.1, -0.05) is 12.1 Å². The fourth-order valence-corrected chi connectivity index (χ4v) is 3.58. The molecule has 0 N–H and O–H groups in total.